The fraction of sp³-hybridized carbons (Fsp3) is 0.0400. The van der Waals surface area contributed by atoms with Crippen LogP contribution in [-0.2, 0) is 0 Å². The molecule has 0 aliphatic heterocycles. The lowest BCUT2D eigenvalue weighted by Crippen LogP contribution is -2.15. The summed E-state index contributed by atoms with van der Waals surface area (Å²) in [5.74, 6) is -0.344. The Balaban J connectivity index is 1.38. The van der Waals surface area contributed by atoms with Crippen LogP contribution >= 0.6 is 0 Å². The highest BCUT2D eigenvalue weighted by atomic mass is 19.3. The van der Waals surface area contributed by atoms with Crippen molar-refractivity contribution in [1.82, 2.24) is 14.8 Å². The van der Waals surface area contributed by atoms with Crippen molar-refractivity contribution in [2.24, 2.45) is 0 Å². The molecule has 2 heterocycles. The number of nitrogens with zero attached hydrogens (tertiary/aromatic N) is 4. The van der Waals surface area contributed by atoms with Crippen LogP contribution in [0.4, 0.5) is 14.5 Å². The van der Waals surface area contributed by atoms with Crippen molar-refractivity contribution in [2.45, 2.75) is 6.43 Å². The minimum Gasteiger partial charge on any atom is -0.436 e. The number of carbonyl (C=O) groups excluding carboxylic acids is 1. The number of aromatic nitrogens is 3. The second-order valence-corrected chi connectivity index (χ2v) is 7.34. The summed E-state index contributed by atoms with van der Waals surface area (Å²) in [7, 11) is 0. The molecule has 0 saturated heterocycles. The lowest BCUT2D eigenvalue weighted by molar-refractivity contribution is 0.100. The van der Waals surface area contributed by atoms with Crippen molar-refractivity contribution in [3.05, 3.63) is 95.8 Å². The van der Waals surface area contributed by atoms with E-state index < -0.39 is 18.0 Å². The number of hydrogen-bond donors (Lipinski definition) is 1. The predicted molar refractivity (Wildman–Crippen MR) is 121 cm³/mol. The average Bonchev–Trinajstić information content (AvgIpc) is 3.49. The highest BCUT2D eigenvalue weighted by Gasteiger charge is 2.25. The van der Waals surface area contributed by atoms with E-state index in [0.29, 0.717) is 39.5 Å². The summed E-state index contributed by atoms with van der Waals surface area (Å²) in [4.78, 5) is 17.2. The molecule has 0 aliphatic rings. The summed E-state index contributed by atoms with van der Waals surface area (Å²) in [6, 6.07) is 22.0. The Morgan fingerprint density at radius 3 is 2.53 bits per heavy atom. The summed E-state index contributed by atoms with van der Waals surface area (Å²) in [5.41, 5.74) is 2.37. The van der Waals surface area contributed by atoms with Crippen molar-refractivity contribution in [2.75, 3.05) is 5.32 Å². The third kappa shape index (κ3) is 3.89. The molecule has 1 N–H and O–H groups in total. The van der Waals surface area contributed by atoms with Gasteiger partial charge in [0.2, 0.25) is 5.89 Å². The number of benzene rings is 3. The highest BCUT2D eigenvalue weighted by Crippen LogP contribution is 2.28. The molecule has 0 radical (unpaired) electrons. The molecule has 0 spiro atoms. The molecular weight excluding hydrogens is 440 g/mol. The third-order valence-electron chi connectivity index (χ3n) is 5.16. The molecule has 166 valence electrons. The lowest BCUT2D eigenvalue weighted by Gasteiger charge is -2.09. The van der Waals surface area contributed by atoms with Crippen molar-refractivity contribution < 1.29 is 18.0 Å². The van der Waals surface area contributed by atoms with E-state index in [1.54, 1.807) is 72.8 Å². The molecule has 0 bridgehead atoms. The second kappa shape index (κ2) is 8.60. The maximum absolute atomic E-state index is 13.8. The van der Waals surface area contributed by atoms with Crippen molar-refractivity contribution in [1.29, 1.82) is 5.26 Å². The van der Waals surface area contributed by atoms with E-state index in [-0.39, 0.29) is 5.56 Å². The average molecular weight is 455 g/mol. The molecule has 7 nitrogen and oxygen atoms in total. The van der Waals surface area contributed by atoms with Gasteiger partial charge in [-0.2, -0.15) is 10.4 Å². The minimum absolute atomic E-state index is 0.213. The quantitative estimate of drug-likeness (QED) is 0.364. The first-order valence-corrected chi connectivity index (χ1v) is 10.2. The van der Waals surface area contributed by atoms with Gasteiger partial charge in [0.25, 0.3) is 12.3 Å². The molecule has 0 fully saturated rings. The fourth-order valence-electron chi connectivity index (χ4n) is 3.53. The summed E-state index contributed by atoms with van der Waals surface area (Å²) < 4.78 is 34.4. The number of hydrogen-bond acceptors (Lipinski definition) is 5. The number of carbonyl (C=O) groups is 1. The Bertz CT molecular complexity index is 1530. The van der Waals surface area contributed by atoms with Gasteiger partial charge in [-0.3, -0.25) is 4.79 Å². The zero-order chi connectivity index (χ0) is 23.7. The number of para-hydroxylation sites is 1. The first kappa shape index (κ1) is 21.0. The predicted octanol–water partition coefficient (Wildman–Crippen LogP) is 5.74. The Morgan fingerprint density at radius 1 is 1.06 bits per heavy atom. The fourth-order valence-corrected chi connectivity index (χ4v) is 3.53. The van der Waals surface area contributed by atoms with Crippen LogP contribution in [0.5, 0.6) is 0 Å². The Morgan fingerprint density at radius 2 is 1.82 bits per heavy atom. The molecule has 34 heavy (non-hydrogen) atoms. The zero-order valence-corrected chi connectivity index (χ0v) is 17.4. The van der Waals surface area contributed by atoms with Crippen molar-refractivity contribution >= 4 is 22.7 Å². The number of oxazole rings is 1. The topological polar surface area (TPSA) is 96.7 Å². The molecule has 2 aromatic heterocycles. The van der Waals surface area contributed by atoms with Crippen LogP contribution in [0.15, 0.2) is 83.4 Å². The zero-order valence-electron chi connectivity index (χ0n) is 17.4. The molecular formula is C25H15F2N5O2. The van der Waals surface area contributed by atoms with Gasteiger partial charge < -0.3 is 9.73 Å². The number of anilines is 1. The number of fused-ring (bicyclic) bond motifs is 1. The van der Waals surface area contributed by atoms with Crippen LogP contribution in [0, 0.1) is 11.3 Å². The van der Waals surface area contributed by atoms with E-state index in [4.69, 9.17) is 9.68 Å². The third-order valence-corrected chi connectivity index (χ3v) is 5.16. The largest absolute Gasteiger partial charge is 0.436 e. The van der Waals surface area contributed by atoms with Crippen LogP contribution in [0.3, 0.4) is 0 Å². The monoisotopic (exact) mass is 455 g/mol. The van der Waals surface area contributed by atoms with Crippen LogP contribution < -0.4 is 5.32 Å². The number of halogens is 2. The van der Waals surface area contributed by atoms with Gasteiger partial charge in [0.1, 0.15) is 11.2 Å². The molecule has 0 unspecified atom stereocenters. The molecule has 0 saturated carbocycles. The normalized spacial score (nSPS) is 11.0. The van der Waals surface area contributed by atoms with Crippen LogP contribution in [0.25, 0.3) is 28.2 Å². The van der Waals surface area contributed by atoms with E-state index in [1.807, 2.05) is 0 Å². The Hall–Kier alpha value is -4.84. The first-order chi connectivity index (χ1) is 16.5. The summed E-state index contributed by atoms with van der Waals surface area (Å²) >= 11 is 0. The molecule has 0 aliphatic carbocycles. The molecule has 5 aromatic rings. The smallest absolute Gasteiger partial charge is 0.281 e. The van der Waals surface area contributed by atoms with Gasteiger partial charge in [0, 0.05) is 11.3 Å². The van der Waals surface area contributed by atoms with E-state index in [0.717, 1.165) is 10.9 Å². The van der Waals surface area contributed by atoms with Gasteiger partial charge in [-0.25, -0.2) is 18.4 Å². The first-order valence-electron chi connectivity index (χ1n) is 10.2. The maximum atomic E-state index is 13.8. The second-order valence-electron chi connectivity index (χ2n) is 7.34. The number of nitriles is 1. The van der Waals surface area contributed by atoms with Gasteiger partial charge in [-0.05, 0) is 54.6 Å². The van der Waals surface area contributed by atoms with Gasteiger partial charge in [0.15, 0.2) is 5.58 Å². The van der Waals surface area contributed by atoms with E-state index >= 15 is 0 Å². The highest BCUT2D eigenvalue weighted by molar-refractivity contribution is 6.05. The number of amides is 1. The SMILES string of the molecule is N#Cc1ccc2oc(-c3ccc(NC(=O)c4cnn(-c5ccccc5)c4C(F)F)cc3)nc2c1. The Kier molecular flexibility index (Phi) is 5.32. The van der Waals surface area contributed by atoms with Gasteiger partial charge >= 0.3 is 0 Å². The molecule has 3 aromatic carbocycles. The van der Waals surface area contributed by atoms with Crippen molar-refractivity contribution in [3.63, 3.8) is 0 Å². The molecule has 1 amide bonds. The van der Waals surface area contributed by atoms with Gasteiger partial charge in [-0.15, -0.1) is 0 Å². The summed E-state index contributed by atoms with van der Waals surface area (Å²) in [5, 5.41) is 15.6. The standard InChI is InChI=1S/C25H15F2N5O2/c26-23(27)22-19(14-29-32(22)18-4-2-1-3-5-18)24(33)30-17-9-7-16(8-10-17)25-31-20-12-15(13-28)6-11-21(20)34-25/h1-12,14,23H,(H,30,33). The minimum atomic E-state index is -2.90. The van der Waals surface area contributed by atoms with E-state index in [9.17, 15) is 13.6 Å². The van der Waals surface area contributed by atoms with Crippen LogP contribution in [-0.4, -0.2) is 20.7 Å². The summed E-state index contributed by atoms with van der Waals surface area (Å²) in [6.07, 6.45) is -1.77. The maximum Gasteiger partial charge on any atom is 0.281 e. The Labute approximate surface area is 191 Å². The molecule has 0 atom stereocenters. The van der Waals surface area contributed by atoms with Crippen molar-refractivity contribution in [3.8, 4) is 23.2 Å². The molecule has 5 rings (SSSR count). The van der Waals surface area contributed by atoms with Gasteiger partial charge in [0.05, 0.1) is 29.1 Å². The number of rotatable bonds is 5. The number of nitrogens with one attached hydrogen (secondary N) is 1. The van der Waals surface area contributed by atoms with E-state index in [2.05, 4.69) is 21.5 Å². The van der Waals surface area contributed by atoms with Gasteiger partial charge in [-0.1, -0.05) is 18.2 Å². The summed E-state index contributed by atoms with van der Waals surface area (Å²) in [6.45, 7) is 0. The molecule has 9 heteroatoms. The number of alkyl halides is 2. The van der Waals surface area contributed by atoms with Crippen LogP contribution in [0.2, 0.25) is 0 Å². The lowest BCUT2D eigenvalue weighted by atomic mass is 10.2. The van der Waals surface area contributed by atoms with E-state index in [1.165, 1.54) is 0 Å². The van der Waals surface area contributed by atoms with Crippen LogP contribution in [0.1, 0.15) is 28.0 Å².